The molecule has 2 rings (SSSR count). The highest BCUT2D eigenvalue weighted by Gasteiger charge is 2.27. The summed E-state index contributed by atoms with van der Waals surface area (Å²) in [5.41, 5.74) is 1.75. The lowest BCUT2D eigenvalue weighted by Crippen LogP contribution is -2.37. The van der Waals surface area contributed by atoms with Crippen molar-refractivity contribution in [1.29, 1.82) is 0 Å². The molecule has 1 atom stereocenters. The normalized spacial score (nSPS) is 23.6. The Hall–Kier alpha value is -2.10. The van der Waals surface area contributed by atoms with Gasteiger partial charge in [-0.25, -0.2) is 0 Å². The average molecular weight is 244 g/mol. The number of nitrogens with zero attached hydrogens (tertiary/aromatic N) is 2. The third-order valence-corrected chi connectivity index (χ3v) is 2.66. The molecule has 0 spiro atoms. The average Bonchev–Trinajstić information content (AvgIpc) is 2.37. The van der Waals surface area contributed by atoms with Crippen LogP contribution in [-0.4, -0.2) is 35.8 Å². The van der Waals surface area contributed by atoms with E-state index >= 15 is 0 Å². The van der Waals surface area contributed by atoms with Crippen LogP contribution in [-0.2, 0) is 9.53 Å². The minimum atomic E-state index is -0.406. The summed E-state index contributed by atoms with van der Waals surface area (Å²) in [5.74, 6) is -0.309. The van der Waals surface area contributed by atoms with Gasteiger partial charge >= 0.3 is 5.97 Å². The first-order valence-electron chi connectivity index (χ1n) is 5.87. The van der Waals surface area contributed by atoms with E-state index in [-0.39, 0.29) is 5.97 Å². The van der Waals surface area contributed by atoms with Gasteiger partial charge in [-0.05, 0) is 12.2 Å². The number of fused-ring (bicyclic) bond motifs is 1. The van der Waals surface area contributed by atoms with Crippen LogP contribution in [0.3, 0.4) is 0 Å². The summed E-state index contributed by atoms with van der Waals surface area (Å²) in [6, 6.07) is 0. The van der Waals surface area contributed by atoms with Crippen molar-refractivity contribution >= 4 is 11.7 Å². The van der Waals surface area contributed by atoms with Crippen LogP contribution in [0.15, 0.2) is 53.8 Å². The second-order valence-electron chi connectivity index (χ2n) is 4.02. The maximum absolute atomic E-state index is 11.1. The lowest BCUT2D eigenvalue weighted by atomic mass is 10.0. The highest BCUT2D eigenvalue weighted by molar-refractivity contribution is 6.06. The number of carbonyl (C=O) groups excluding carboxylic acids is 1. The number of allylic oxidation sites excluding steroid dienone is 2. The minimum Gasteiger partial charge on any atom is -0.452 e. The van der Waals surface area contributed by atoms with Gasteiger partial charge in [0.1, 0.15) is 5.71 Å². The fourth-order valence-electron chi connectivity index (χ4n) is 1.93. The molecule has 94 valence electrons. The molecule has 2 heterocycles. The molecule has 0 fully saturated rings. The predicted molar refractivity (Wildman–Crippen MR) is 71.1 cm³/mol. The Bertz CT molecular complexity index is 472. The van der Waals surface area contributed by atoms with Crippen molar-refractivity contribution < 1.29 is 9.53 Å². The van der Waals surface area contributed by atoms with Crippen molar-refractivity contribution in [2.75, 3.05) is 13.1 Å². The van der Waals surface area contributed by atoms with E-state index in [0.29, 0.717) is 6.54 Å². The molecule has 0 aliphatic carbocycles. The zero-order chi connectivity index (χ0) is 13.0. The van der Waals surface area contributed by atoms with Crippen molar-refractivity contribution in [2.45, 2.75) is 13.0 Å². The minimum absolute atomic E-state index is 0.309. The third kappa shape index (κ3) is 2.59. The number of aliphatic imine (C=N–C) groups is 1. The summed E-state index contributed by atoms with van der Waals surface area (Å²) in [6.45, 7) is 6.38. The van der Waals surface area contributed by atoms with Crippen LogP contribution in [0, 0.1) is 0 Å². The molecule has 0 amide bonds. The fraction of sp³-hybridized carbons (Fsp3) is 0.286. The van der Waals surface area contributed by atoms with Gasteiger partial charge in [0, 0.05) is 19.7 Å². The topological polar surface area (TPSA) is 41.9 Å². The second-order valence-corrected chi connectivity index (χ2v) is 4.02. The largest absolute Gasteiger partial charge is 0.452 e. The highest BCUT2D eigenvalue weighted by atomic mass is 16.5. The molecule has 0 aromatic rings. The molecule has 0 bridgehead atoms. The summed E-state index contributed by atoms with van der Waals surface area (Å²) in [5, 5.41) is 0. The number of ether oxygens (including phenoxy) is 1. The van der Waals surface area contributed by atoms with Crippen LogP contribution in [0.2, 0.25) is 0 Å². The van der Waals surface area contributed by atoms with Gasteiger partial charge in [0.05, 0.1) is 12.2 Å². The molecule has 4 heteroatoms. The lowest BCUT2D eigenvalue weighted by Gasteiger charge is -2.32. The van der Waals surface area contributed by atoms with Gasteiger partial charge in [-0.2, -0.15) is 0 Å². The lowest BCUT2D eigenvalue weighted by molar-refractivity contribution is -0.141. The molecule has 4 nitrogen and oxygen atoms in total. The van der Waals surface area contributed by atoms with Crippen LogP contribution >= 0.6 is 0 Å². The Morgan fingerprint density at radius 1 is 1.72 bits per heavy atom. The summed E-state index contributed by atoms with van der Waals surface area (Å²) < 4.78 is 5.27. The first kappa shape index (κ1) is 12.4. The number of hydrogen-bond donors (Lipinski definition) is 0. The maximum Gasteiger partial charge on any atom is 0.303 e. The quantitative estimate of drug-likeness (QED) is 0.562. The fourth-order valence-corrected chi connectivity index (χ4v) is 1.93. The number of esters is 1. The first-order valence-corrected chi connectivity index (χ1v) is 5.87. The zero-order valence-corrected chi connectivity index (χ0v) is 10.4. The second kappa shape index (κ2) is 5.49. The molecule has 0 aromatic heterocycles. The van der Waals surface area contributed by atoms with E-state index in [2.05, 4.69) is 22.5 Å². The molecule has 0 aromatic carbocycles. The highest BCUT2D eigenvalue weighted by Crippen LogP contribution is 2.21. The van der Waals surface area contributed by atoms with E-state index in [1.54, 1.807) is 6.08 Å². The predicted octanol–water partition coefficient (Wildman–Crippen LogP) is 1.83. The van der Waals surface area contributed by atoms with E-state index in [4.69, 9.17) is 4.74 Å². The number of hydrogen-bond acceptors (Lipinski definition) is 4. The Morgan fingerprint density at radius 3 is 3.28 bits per heavy atom. The van der Waals surface area contributed by atoms with Crippen LogP contribution in [0.1, 0.15) is 6.92 Å². The van der Waals surface area contributed by atoms with Gasteiger partial charge in [-0.1, -0.05) is 18.2 Å². The van der Waals surface area contributed by atoms with Crippen molar-refractivity contribution in [3.05, 3.63) is 48.9 Å². The monoisotopic (exact) mass is 244 g/mol. The van der Waals surface area contributed by atoms with E-state index < -0.39 is 6.10 Å². The molecule has 0 saturated heterocycles. The summed E-state index contributed by atoms with van der Waals surface area (Å²) in [4.78, 5) is 17.6. The summed E-state index contributed by atoms with van der Waals surface area (Å²) in [7, 11) is 0. The van der Waals surface area contributed by atoms with Crippen LogP contribution in [0.25, 0.3) is 0 Å². The molecule has 2 aliphatic rings. The van der Waals surface area contributed by atoms with E-state index in [0.717, 1.165) is 18.0 Å². The maximum atomic E-state index is 11.1. The van der Waals surface area contributed by atoms with Gasteiger partial charge < -0.3 is 9.64 Å². The summed E-state index contributed by atoms with van der Waals surface area (Å²) >= 11 is 0. The Kier molecular flexibility index (Phi) is 3.77. The van der Waals surface area contributed by atoms with Crippen LogP contribution < -0.4 is 0 Å². The van der Waals surface area contributed by atoms with Gasteiger partial charge in [-0.3, -0.25) is 9.79 Å². The van der Waals surface area contributed by atoms with E-state index in [1.165, 1.54) is 6.92 Å². The Morgan fingerprint density at radius 2 is 2.56 bits per heavy atom. The van der Waals surface area contributed by atoms with E-state index in [1.807, 2.05) is 24.4 Å². The molecule has 0 saturated carbocycles. The molecule has 2 aliphatic heterocycles. The Labute approximate surface area is 107 Å². The van der Waals surface area contributed by atoms with Crippen molar-refractivity contribution in [1.82, 2.24) is 4.90 Å². The molecule has 18 heavy (non-hydrogen) atoms. The molecule has 0 N–H and O–H groups in total. The van der Waals surface area contributed by atoms with Crippen LogP contribution in [0.4, 0.5) is 0 Å². The van der Waals surface area contributed by atoms with Crippen molar-refractivity contribution in [3.63, 3.8) is 0 Å². The van der Waals surface area contributed by atoms with Crippen molar-refractivity contribution in [3.8, 4) is 0 Å². The molecule has 0 radical (unpaired) electrons. The van der Waals surface area contributed by atoms with Gasteiger partial charge in [-0.15, -0.1) is 6.58 Å². The third-order valence-electron chi connectivity index (χ3n) is 2.66. The molecule has 1 unspecified atom stereocenters. The smallest absolute Gasteiger partial charge is 0.303 e. The van der Waals surface area contributed by atoms with Crippen molar-refractivity contribution in [2.24, 2.45) is 4.99 Å². The number of carbonyl (C=O) groups is 1. The van der Waals surface area contributed by atoms with Gasteiger partial charge in [0.25, 0.3) is 0 Å². The number of rotatable bonds is 3. The molecular formula is C14H16N2O2. The molecular weight excluding hydrogens is 228 g/mol. The summed E-state index contributed by atoms with van der Waals surface area (Å²) in [6.07, 6.45) is 11.1. The SMILES string of the molecule is C=CCN=C1C2=CC=CCN2C=CC1OC(C)=O. The zero-order valence-electron chi connectivity index (χ0n) is 10.4. The van der Waals surface area contributed by atoms with E-state index in [9.17, 15) is 4.79 Å². The van der Waals surface area contributed by atoms with Crippen LogP contribution in [0.5, 0.6) is 0 Å². The van der Waals surface area contributed by atoms with Gasteiger partial charge in [0.15, 0.2) is 6.10 Å². The standard InChI is InChI=1S/C14H16N2O2/c1-3-8-15-14-12-6-4-5-9-16(12)10-7-13(14)18-11(2)17/h3-7,10,13H,1,8-9H2,2H3. The van der Waals surface area contributed by atoms with Gasteiger partial charge in [0.2, 0.25) is 0 Å². The first-order chi connectivity index (χ1) is 8.72. The Balaban J connectivity index is 2.33.